The van der Waals surface area contributed by atoms with Crippen LogP contribution in [-0.2, 0) is 4.57 Å². The predicted octanol–water partition coefficient (Wildman–Crippen LogP) is 4.33. The van der Waals surface area contributed by atoms with E-state index in [4.69, 9.17) is 23.2 Å². The minimum atomic E-state index is -2.56. The number of benzene rings is 2. The highest BCUT2D eigenvalue weighted by atomic mass is 35.5. The lowest BCUT2D eigenvalue weighted by atomic mass is 10.4. The zero-order chi connectivity index (χ0) is 13.2. The van der Waals surface area contributed by atoms with Crippen LogP contribution in [0.2, 0.25) is 10.0 Å². The van der Waals surface area contributed by atoms with Crippen LogP contribution in [0.25, 0.3) is 0 Å². The summed E-state index contributed by atoms with van der Waals surface area (Å²) in [5, 5.41) is 2.96. The van der Waals surface area contributed by atoms with Crippen LogP contribution >= 0.6 is 30.3 Å². The molecule has 18 heavy (non-hydrogen) atoms. The summed E-state index contributed by atoms with van der Waals surface area (Å²) in [4.78, 5) is 0. The van der Waals surface area contributed by atoms with Gasteiger partial charge < -0.3 is 4.57 Å². The van der Waals surface area contributed by atoms with Crippen molar-refractivity contribution in [3.63, 3.8) is 0 Å². The molecule has 0 bridgehead atoms. The van der Waals surface area contributed by atoms with E-state index in [1.807, 2.05) is 31.2 Å². The maximum Gasteiger partial charge on any atom is 0.142 e. The number of rotatable bonds is 3. The molecule has 2 aromatic rings. The molecule has 1 nitrogen and oxygen atoms in total. The summed E-state index contributed by atoms with van der Waals surface area (Å²) in [6.07, 6.45) is 0.580. The van der Waals surface area contributed by atoms with Gasteiger partial charge in [0.2, 0.25) is 0 Å². The van der Waals surface area contributed by atoms with E-state index in [0.29, 0.717) is 16.2 Å². The lowest BCUT2D eigenvalue weighted by molar-refractivity contribution is 0.587. The minimum absolute atomic E-state index is 0.580. The molecule has 0 saturated carbocycles. The van der Waals surface area contributed by atoms with Crippen LogP contribution in [0.4, 0.5) is 0 Å². The van der Waals surface area contributed by atoms with E-state index in [-0.39, 0.29) is 0 Å². The second-order valence-electron chi connectivity index (χ2n) is 4.01. The third-order valence-corrected chi connectivity index (χ3v) is 6.59. The van der Waals surface area contributed by atoms with Crippen LogP contribution in [0, 0.1) is 0 Å². The summed E-state index contributed by atoms with van der Waals surface area (Å²) in [5.74, 6) is 0. The molecule has 0 heterocycles. The lowest BCUT2D eigenvalue weighted by Crippen LogP contribution is -2.17. The van der Waals surface area contributed by atoms with Gasteiger partial charge in [0.15, 0.2) is 0 Å². The van der Waals surface area contributed by atoms with Crippen LogP contribution in [0.3, 0.4) is 0 Å². The van der Waals surface area contributed by atoms with Crippen LogP contribution in [0.15, 0.2) is 48.5 Å². The Balaban J connectivity index is 2.51. The van der Waals surface area contributed by atoms with Gasteiger partial charge in [0.25, 0.3) is 0 Å². The van der Waals surface area contributed by atoms with E-state index in [2.05, 4.69) is 0 Å². The van der Waals surface area contributed by atoms with Gasteiger partial charge in [-0.2, -0.15) is 0 Å². The highest BCUT2D eigenvalue weighted by molar-refractivity contribution is 7.78. The zero-order valence-electron chi connectivity index (χ0n) is 9.94. The molecular weight excluding hydrogens is 286 g/mol. The Bertz CT molecular complexity index is 526. The fourth-order valence-corrected chi connectivity index (χ4v) is 4.42. The Morgan fingerprint density at radius 1 is 0.833 bits per heavy atom. The highest BCUT2D eigenvalue weighted by Crippen LogP contribution is 2.43. The Kier molecular flexibility index (Phi) is 4.17. The molecule has 0 amide bonds. The Morgan fingerprint density at radius 3 is 1.44 bits per heavy atom. The van der Waals surface area contributed by atoms with Gasteiger partial charge in [-0.1, -0.05) is 30.1 Å². The van der Waals surface area contributed by atoms with Gasteiger partial charge in [-0.25, -0.2) is 0 Å². The van der Waals surface area contributed by atoms with E-state index >= 15 is 0 Å². The van der Waals surface area contributed by atoms with Crippen molar-refractivity contribution < 1.29 is 4.57 Å². The summed E-state index contributed by atoms with van der Waals surface area (Å²) >= 11 is 11.7. The molecule has 0 aliphatic heterocycles. The fraction of sp³-hybridized carbons (Fsp3) is 0.143. The Labute approximate surface area is 117 Å². The second kappa shape index (κ2) is 5.48. The maximum absolute atomic E-state index is 13.1. The van der Waals surface area contributed by atoms with Gasteiger partial charge >= 0.3 is 0 Å². The SMILES string of the molecule is CCP(=O)(c1ccc(Cl)cc1)c1ccc(Cl)cc1. The van der Waals surface area contributed by atoms with E-state index in [9.17, 15) is 4.57 Å². The molecule has 0 aliphatic carbocycles. The van der Waals surface area contributed by atoms with E-state index in [1.165, 1.54) is 0 Å². The first-order valence-electron chi connectivity index (χ1n) is 5.67. The fourth-order valence-electron chi connectivity index (χ4n) is 1.88. The standard InChI is InChI=1S/C14H13Cl2OP/c1-2-18(17,13-7-3-11(15)4-8-13)14-9-5-12(16)6-10-14/h3-10H,2H2,1H3. The average Bonchev–Trinajstić information content (AvgIpc) is 2.39. The van der Waals surface area contributed by atoms with Crippen molar-refractivity contribution in [2.24, 2.45) is 0 Å². The van der Waals surface area contributed by atoms with Crippen molar-refractivity contribution in [2.45, 2.75) is 6.92 Å². The Hall–Kier alpha value is -0.750. The molecular formula is C14H13Cl2OP. The molecule has 0 saturated heterocycles. The highest BCUT2D eigenvalue weighted by Gasteiger charge is 2.24. The Morgan fingerprint density at radius 2 is 1.17 bits per heavy atom. The van der Waals surface area contributed by atoms with Crippen molar-refractivity contribution in [3.05, 3.63) is 58.6 Å². The average molecular weight is 299 g/mol. The van der Waals surface area contributed by atoms with Crippen molar-refractivity contribution in [3.8, 4) is 0 Å². The third-order valence-electron chi connectivity index (χ3n) is 2.93. The van der Waals surface area contributed by atoms with Crippen molar-refractivity contribution in [1.29, 1.82) is 0 Å². The molecule has 0 radical (unpaired) electrons. The molecule has 2 aromatic carbocycles. The van der Waals surface area contributed by atoms with Gasteiger partial charge in [-0.05, 0) is 48.5 Å². The molecule has 0 fully saturated rings. The van der Waals surface area contributed by atoms with Crippen LogP contribution in [-0.4, -0.2) is 6.16 Å². The van der Waals surface area contributed by atoms with Gasteiger partial charge in [0.1, 0.15) is 7.14 Å². The van der Waals surface area contributed by atoms with E-state index in [1.54, 1.807) is 24.3 Å². The van der Waals surface area contributed by atoms with Gasteiger partial charge in [0, 0.05) is 26.8 Å². The third kappa shape index (κ3) is 2.64. The quantitative estimate of drug-likeness (QED) is 0.771. The molecule has 2 rings (SSSR count). The van der Waals surface area contributed by atoms with Gasteiger partial charge in [-0.15, -0.1) is 0 Å². The number of hydrogen-bond acceptors (Lipinski definition) is 1. The van der Waals surface area contributed by atoms with Crippen molar-refractivity contribution >= 4 is 41.0 Å². The molecule has 0 spiro atoms. The zero-order valence-corrected chi connectivity index (χ0v) is 12.3. The minimum Gasteiger partial charge on any atom is -0.314 e. The van der Waals surface area contributed by atoms with E-state index in [0.717, 1.165) is 10.6 Å². The lowest BCUT2D eigenvalue weighted by Gasteiger charge is -2.17. The van der Waals surface area contributed by atoms with Crippen LogP contribution in [0.5, 0.6) is 0 Å². The maximum atomic E-state index is 13.1. The number of halogens is 2. The van der Waals surface area contributed by atoms with Crippen LogP contribution < -0.4 is 10.6 Å². The predicted molar refractivity (Wildman–Crippen MR) is 80.3 cm³/mol. The summed E-state index contributed by atoms with van der Waals surface area (Å²) < 4.78 is 13.1. The smallest absolute Gasteiger partial charge is 0.142 e. The molecule has 0 unspecified atom stereocenters. The first-order valence-corrected chi connectivity index (χ1v) is 8.32. The van der Waals surface area contributed by atoms with Crippen molar-refractivity contribution in [1.82, 2.24) is 0 Å². The number of hydrogen-bond donors (Lipinski definition) is 0. The second-order valence-corrected chi connectivity index (χ2v) is 8.03. The monoisotopic (exact) mass is 298 g/mol. The molecule has 0 aromatic heterocycles. The summed E-state index contributed by atoms with van der Waals surface area (Å²) in [6.45, 7) is 1.93. The van der Waals surface area contributed by atoms with Crippen molar-refractivity contribution in [2.75, 3.05) is 6.16 Å². The first-order chi connectivity index (χ1) is 8.56. The largest absolute Gasteiger partial charge is 0.314 e. The normalized spacial score (nSPS) is 11.5. The topological polar surface area (TPSA) is 17.1 Å². The molecule has 94 valence electrons. The summed E-state index contributed by atoms with van der Waals surface area (Å²) in [6, 6.07) is 14.4. The van der Waals surface area contributed by atoms with Gasteiger partial charge in [0.05, 0.1) is 0 Å². The van der Waals surface area contributed by atoms with E-state index < -0.39 is 7.14 Å². The first kappa shape index (κ1) is 13.7. The van der Waals surface area contributed by atoms with Gasteiger partial charge in [-0.3, -0.25) is 0 Å². The molecule has 0 atom stereocenters. The summed E-state index contributed by atoms with van der Waals surface area (Å²) in [7, 11) is -2.56. The molecule has 0 aliphatic rings. The molecule has 0 N–H and O–H groups in total. The summed E-state index contributed by atoms with van der Waals surface area (Å²) in [5.41, 5.74) is 0. The van der Waals surface area contributed by atoms with Crippen LogP contribution in [0.1, 0.15) is 6.92 Å². The molecule has 4 heteroatoms.